The predicted octanol–water partition coefficient (Wildman–Crippen LogP) is 5.56. The minimum atomic E-state index is -1.65. The molecule has 0 N–H and O–H groups in total. The van der Waals surface area contributed by atoms with E-state index in [4.69, 9.17) is 0 Å². The first-order chi connectivity index (χ1) is 10.9. The minimum absolute atomic E-state index is 0.336. The fourth-order valence-corrected chi connectivity index (χ4v) is 3.24. The molecule has 23 heavy (non-hydrogen) atoms. The lowest BCUT2D eigenvalue weighted by Gasteiger charge is -2.25. The molecule has 1 atom stereocenters. The molecule has 0 fully saturated rings. The Bertz CT molecular complexity index is 743. The van der Waals surface area contributed by atoms with Gasteiger partial charge >= 0.3 is 0 Å². The highest BCUT2D eigenvalue weighted by atomic mass is 19.2. The molecule has 0 amide bonds. The van der Waals surface area contributed by atoms with Crippen LogP contribution in [0.1, 0.15) is 30.9 Å². The Labute approximate surface area is 130 Å². The van der Waals surface area contributed by atoms with E-state index in [1.807, 2.05) is 6.92 Å². The van der Waals surface area contributed by atoms with Gasteiger partial charge in [0.1, 0.15) is 11.6 Å². The van der Waals surface area contributed by atoms with E-state index >= 15 is 0 Å². The van der Waals surface area contributed by atoms with E-state index in [9.17, 15) is 22.0 Å². The molecule has 0 aliphatic heterocycles. The maximum atomic E-state index is 14.7. The van der Waals surface area contributed by atoms with Crippen LogP contribution in [0, 0.1) is 35.0 Å². The third-order valence-corrected chi connectivity index (χ3v) is 4.57. The smallest absolute Gasteiger partial charge is 0.194 e. The Balaban J connectivity index is 2.15. The Morgan fingerprint density at radius 3 is 2.17 bits per heavy atom. The largest absolute Gasteiger partial charge is 0.206 e. The molecule has 122 valence electrons. The van der Waals surface area contributed by atoms with Crippen molar-refractivity contribution in [1.29, 1.82) is 0 Å². The van der Waals surface area contributed by atoms with Crippen molar-refractivity contribution in [2.24, 2.45) is 5.92 Å². The van der Waals surface area contributed by atoms with Gasteiger partial charge in [-0.15, -0.1) is 0 Å². The standard InChI is InChI=1S/C18H15F5/c1-2-9-3-4-12-10(5-9)6-13(19)16(17(12)22)11-7-14(20)18(23)15(21)8-11/h6-9H,2-5H2,1H3. The molecule has 0 bridgehead atoms. The van der Waals surface area contributed by atoms with Crippen molar-refractivity contribution in [3.63, 3.8) is 0 Å². The molecule has 1 aliphatic carbocycles. The lowest BCUT2D eigenvalue weighted by Crippen LogP contribution is -2.16. The molecule has 1 unspecified atom stereocenters. The molecule has 2 aromatic carbocycles. The maximum absolute atomic E-state index is 14.7. The third kappa shape index (κ3) is 2.73. The molecular weight excluding hydrogens is 311 g/mol. The molecule has 0 spiro atoms. The number of benzene rings is 2. The second-order valence-electron chi connectivity index (χ2n) is 5.96. The van der Waals surface area contributed by atoms with E-state index in [1.54, 1.807) is 0 Å². The monoisotopic (exact) mass is 326 g/mol. The zero-order chi connectivity index (χ0) is 16.7. The zero-order valence-electron chi connectivity index (χ0n) is 12.5. The summed E-state index contributed by atoms with van der Waals surface area (Å²) in [5.74, 6) is -5.90. The SMILES string of the molecule is CCC1CCc2c(cc(F)c(-c3cc(F)c(F)c(F)c3)c2F)C1. The van der Waals surface area contributed by atoms with Crippen molar-refractivity contribution in [3.8, 4) is 11.1 Å². The molecule has 0 radical (unpaired) electrons. The van der Waals surface area contributed by atoms with E-state index in [1.165, 1.54) is 6.07 Å². The second-order valence-corrected chi connectivity index (χ2v) is 5.96. The van der Waals surface area contributed by atoms with Crippen molar-refractivity contribution < 1.29 is 22.0 Å². The summed E-state index contributed by atoms with van der Waals surface area (Å²) in [6, 6.07) is 2.46. The van der Waals surface area contributed by atoms with Gasteiger partial charge in [-0.1, -0.05) is 13.3 Å². The predicted molar refractivity (Wildman–Crippen MR) is 77.5 cm³/mol. The van der Waals surface area contributed by atoms with Gasteiger partial charge in [-0.05, 0) is 60.1 Å². The Kier molecular flexibility index (Phi) is 4.13. The number of halogens is 5. The highest BCUT2D eigenvalue weighted by molar-refractivity contribution is 5.67. The molecule has 2 aromatic rings. The summed E-state index contributed by atoms with van der Waals surface area (Å²) < 4.78 is 68.8. The van der Waals surface area contributed by atoms with Crippen molar-refractivity contribution >= 4 is 0 Å². The highest BCUT2D eigenvalue weighted by Crippen LogP contribution is 2.36. The first kappa shape index (κ1) is 16.0. The van der Waals surface area contributed by atoms with Gasteiger partial charge in [-0.3, -0.25) is 0 Å². The Morgan fingerprint density at radius 1 is 0.913 bits per heavy atom. The van der Waals surface area contributed by atoms with Gasteiger partial charge in [-0.2, -0.15) is 0 Å². The summed E-state index contributed by atoms with van der Waals surface area (Å²) in [6.07, 6.45) is 2.77. The lowest BCUT2D eigenvalue weighted by molar-refractivity contribution is 0.431. The van der Waals surface area contributed by atoms with E-state index < -0.39 is 34.6 Å². The van der Waals surface area contributed by atoms with Gasteiger partial charge < -0.3 is 0 Å². The molecule has 0 aromatic heterocycles. The van der Waals surface area contributed by atoms with Gasteiger partial charge in [-0.25, -0.2) is 22.0 Å². The molecule has 3 rings (SSSR count). The summed E-state index contributed by atoms with van der Waals surface area (Å²) in [5, 5.41) is 0. The number of hydrogen-bond acceptors (Lipinski definition) is 0. The number of fused-ring (bicyclic) bond motifs is 1. The number of rotatable bonds is 2. The molecule has 0 saturated carbocycles. The Morgan fingerprint density at radius 2 is 1.57 bits per heavy atom. The quantitative estimate of drug-likeness (QED) is 0.500. The average molecular weight is 326 g/mol. The van der Waals surface area contributed by atoms with E-state index in [2.05, 4.69) is 0 Å². The molecule has 1 aliphatic rings. The van der Waals surface area contributed by atoms with Crippen molar-refractivity contribution in [1.82, 2.24) is 0 Å². The van der Waals surface area contributed by atoms with E-state index in [0.717, 1.165) is 12.8 Å². The lowest BCUT2D eigenvalue weighted by atomic mass is 9.81. The summed E-state index contributed by atoms with van der Waals surface area (Å²) >= 11 is 0. The fourth-order valence-electron chi connectivity index (χ4n) is 3.24. The van der Waals surface area contributed by atoms with Crippen LogP contribution in [0.2, 0.25) is 0 Å². The van der Waals surface area contributed by atoms with Gasteiger partial charge in [0.15, 0.2) is 17.5 Å². The van der Waals surface area contributed by atoms with Crippen LogP contribution in [0.25, 0.3) is 11.1 Å². The van der Waals surface area contributed by atoms with Crippen LogP contribution in [-0.4, -0.2) is 0 Å². The average Bonchev–Trinajstić information content (AvgIpc) is 2.51. The number of hydrogen-bond donors (Lipinski definition) is 0. The summed E-state index contributed by atoms with van der Waals surface area (Å²) in [6.45, 7) is 2.03. The first-order valence-electron chi connectivity index (χ1n) is 7.57. The second kappa shape index (κ2) is 5.95. The van der Waals surface area contributed by atoms with Gasteiger partial charge in [0.05, 0.1) is 5.56 Å². The summed E-state index contributed by atoms with van der Waals surface area (Å²) in [4.78, 5) is 0. The van der Waals surface area contributed by atoms with Crippen LogP contribution in [0.3, 0.4) is 0 Å². The van der Waals surface area contributed by atoms with Crippen LogP contribution >= 0.6 is 0 Å². The van der Waals surface area contributed by atoms with Gasteiger partial charge in [0, 0.05) is 0 Å². The van der Waals surface area contributed by atoms with Gasteiger partial charge in [0.25, 0.3) is 0 Å². The Hall–Kier alpha value is -1.91. The normalized spacial score (nSPS) is 17.2. The van der Waals surface area contributed by atoms with Crippen molar-refractivity contribution in [2.75, 3.05) is 0 Å². The van der Waals surface area contributed by atoms with Gasteiger partial charge in [0.2, 0.25) is 0 Å². The third-order valence-electron chi connectivity index (χ3n) is 4.57. The summed E-state index contributed by atoms with van der Waals surface area (Å²) in [7, 11) is 0. The van der Waals surface area contributed by atoms with Crippen molar-refractivity contribution in [2.45, 2.75) is 32.6 Å². The van der Waals surface area contributed by atoms with Crippen LogP contribution in [0.15, 0.2) is 18.2 Å². The highest BCUT2D eigenvalue weighted by Gasteiger charge is 2.26. The minimum Gasteiger partial charge on any atom is -0.206 e. The van der Waals surface area contributed by atoms with Crippen LogP contribution < -0.4 is 0 Å². The van der Waals surface area contributed by atoms with E-state index in [0.29, 0.717) is 42.0 Å². The maximum Gasteiger partial charge on any atom is 0.194 e. The van der Waals surface area contributed by atoms with Crippen LogP contribution in [0.4, 0.5) is 22.0 Å². The van der Waals surface area contributed by atoms with Crippen LogP contribution in [0.5, 0.6) is 0 Å². The van der Waals surface area contributed by atoms with E-state index in [-0.39, 0.29) is 5.56 Å². The zero-order valence-corrected chi connectivity index (χ0v) is 12.5. The fraction of sp³-hybridized carbons (Fsp3) is 0.333. The molecule has 0 nitrogen and oxygen atoms in total. The first-order valence-corrected chi connectivity index (χ1v) is 7.57. The molecule has 0 heterocycles. The van der Waals surface area contributed by atoms with Crippen molar-refractivity contribution in [3.05, 3.63) is 58.4 Å². The topological polar surface area (TPSA) is 0 Å². The molecular formula is C18H15F5. The molecule has 5 heteroatoms. The van der Waals surface area contributed by atoms with Crippen LogP contribution in [-0.2, 0) is 12.8 Å². The molecule has 0 saturated heterocycles. The summed E-state index contributed by atoms with van der Waals surface area (Å²) in [5.41, 5.74) is 0.148.